The number of carbonyl (C=O) groups excluding carboxylic acids is 1. The van der Waals surface area contributed by atoms with Gasteiger partial charge in [0.15, 0.2) is 0 Å². The molecule has 0 bridgehead atoms. The molecule has 0 saturated carbocycles. The topological polar surface area (TPSA) is 26.3 Å². The predicted molar refractivity (Wildman–Crippen MR) is 62.1 cm³/mol. The SMILES string of the molecule is O=C1O[C@H](CCBr)CC1c1ccccc1. The Hall–Kier alpha value is -0.830. The van der Waals surface area contributed by atoms with Gasteiger partial charge in [0.25, 0.3) is 0 Å². The van der Waals surface area contributed by atoms with Crippen LogP contribution in [0.3, 0.4) is 0 Å². The van der Waals surface area contributed by atoms with Crippen LogP contribution in [0.25, 0.3) is 0 Å². The predicted octanol–water partition coefficient (Wildman–Crippen LogP) is 2.87. The minimum Gasteiger partial charge on any atom is -0.462 e. The number of benzene rings is 1. The highest BCUT2D eigenvalue weighted by atomic mass is 79.9. The Labute approximate surface area is 97.8 Å². The number of ether oxygens (including phenoxy) is 1. The molecule has 3 heteroatoms. The van der Waals surface area contributed by atoms with Gasteiger partial charge >= 0.3 is 5.97 Å². The number of esters is 1. The van der Waals surface area contributed by atoms with Gasteiger partial charge in [0, 0.05) is 11.8 Å². The molecule has 1 heterocycles. The zero-order valence-electron chi connectivity index (χ0n) is 8.36. The molecule has 0 radical (unpaired) electrons. The van der Waals surface area contributed by atoms with Gasteiger partial charge in [-0.2, -0.15) is 0 Å². The average molecular weight is 269 g/mol. The molecule has 1 aliphatic heterocycles. The van der Waals surface area contributed by atoms with Crippen molar-refractivity contribution in [2.75, 3.05) is 5.33 Å². The lowest BCUT2D eigenvalue weighted by Gasteiger charge is -2.05. The summed E-state index contributed by atoms with van der Waals surface area (Å²) in [5.74, 6) is -0.137. The van der Waals surface area contributed by atoms with Crippen LogP contribution in [0.2, 0.25) is 0 Å². The molecule has 1 aromatic rings. The lowest BCUT2D eigenvalue weighted by atomic mass is 9.95. The van der Waals surface area contributed by atoms with Crippen LogP contribution in [0.15, 0.2) is 30.3 Å². The molecule has 1 unspecified atom stereocenters. The highest BCUT2D eigenvalue weighted by molar-refractivity contribution is 9.09. The summed E-state index contributed by atoms with van der Waals surface area (Å²) in [6, 6.07) is 9.85. The summed E-state index contributed by atoms with van der Waals surface area (Å²) in [4.78, 5) is 11.6. The molecule has 0 aromatic heterocycles. The number of alkyl halides is 1. The minimum absolute atomic E-state index is 0.0600. The van der Waals surface area contributed by atoms with Gasteiger partial charge in [0.2, 0.25) is 0 Å². The quantitative estimate of drug-likeness (QED) is 0.623. The van der Waals surface area contributed by atoms with E-state index < -0.39 is 0 Å². The summed E-state index contributed by atoms with van der Waals surface area (Å²) in [6.07, 6.45) is 1.80. The summed E-state index contributed by atoms with van der Waals surface area (Å²) >= 11 is 3.36. The highest BCUT2D eigenvalue weighted by Gasteiger charge is 2.34. The Kier molecular flexibility index (Phi) is 3.41. The fourth-order valence-electron chi connectivity index (χ4n) is 1.91. The summed E-state index contributed by atoms with van der Waals surface area (Å²) in [5.41, 5.74) is 1.07. The fourth-order valence-corrected chi connectivity index (χ4v) is 2.42. The maximum absolute atomic E-state index is 11.6. The molecule has 1 fully saturated rings. The Bertz CT molecular complexity index is 337. The summed E-state index contributed by atoms with van der Waals surface area (Å²) in [7, 11) is 0. The van der Waals surface area contributed by atoms with Crippen LogP contribution < -0.4 is 0 Å². The van der Waals surface area contributed by atoms with Crippen molar-refractivity contribution < 1.29 is 9.53 Å². The molecule has 0 spiro atoms. The van der Waals surface area contributed by atoms with E-state index in [1.165, 1.54) is 0 Å². The molecule has 0 aliphatic carbocycles. The Morgan fingerprint density at radius 2 is 2.07 bits per heavy atom. The molecule has 1 aliphatic rings. The molecule has 0 amide bonds. The van der Waals surface area contributed by atoms with Gasteiger partial charge < -0.3 is 4.74 Å². The number of carbonyl (C=O) groups is 1. The van der Waals surface area contributed by atoms with Crippen molar-refractivity contribution in [3.8, 4) is 0 Å². The van der Waals surface area contributed by atoms with E-state index >= 15 is 0 Å². The summed E-state index contributed by atoms with van der Waals surface area (Å²) < 4.78 is 5.30. The number of hydrogen-bond donors (Lipinski definition) is 0. The van der Waals surface area contributed by atoms with Gasteiger partial charge in [-0.25, -0.2) is 0 Å². The molecule has 2 nitrogen and oxygen atoms in total. The monoisotopic (exact) mass is 268 g/mol. The van der Waals surface area contributed by atoms with Gasteiger partial charge in [0.1, 0.15) is 6.10 Å². The molecular formula is C12H13BrO2. The molecule has 1 aromatic carbocycles. The number of cyclic esters (lactones) is 1. The van der Waals surface area contributed by atoms with E-state index in [1.807, 2.05) is 30.3 Å². The third-order valence-electron chi connectivity index (χ3n) is 2.70. The normalized spacial score (nSPS) is 25.3. The van der Waals surface area contributed by atoms with Crippen molar-refractivity contribution in [1.82, 2.24) is 0 Å². The maximum Gasteiger partial charge on any atom is 0.313 e. The zero-order valence-corrected chi connectivity index (χ0v) is 9.94. The number of rotatable bonds is 3. The lowest BCUT2D eigenvalue weighted by Crippen LogP contribution is -2.06. The average Bonchev–Trinajstić information content (AvgIpc) is 2.61. The van der Waals surface area contributed by atoms with Crippen LogP contribution in [-0.4, -0.2) is 17.4 Å². The smallest absolute Gasteiger partial charge is 0.313 e. The van der Waals surface area contributed by atoms with Crippen molar-refractivity contribution in [3.05, 3.63) is 35.9 Å². The fraction of sp³-hybridized carbons (Fsp3) is 0.417. The van der Waals surface area contributed by atoms with E-state index in [-0.39, 0.29) is 18.0 Å². The van der Waals surface area contributed by atoms with E-state index in [9.17, 15) is 4.79 Å². The third kappa shape index (κ3) is 2.40. The zero-order chi connectivity index (χ0) is 10.7. The minimum atomic E-state index is -0.0767. The summed E-state index contributed by atoms with van der Waals surface area (Å²) in [6.45, 7) is 0. The van der Waals surface area contributed by atoms with Crippen molar-refractivity contribution in [1.29, 1.82) is 0 Å². The Morgan fingerprint density at radius 1 is 1.33 bits per heavy atom. The van der Waals surface area contributed by atoms with E-state index in [1.54, 1.807) is 0 Å². The van der Waals surface area contributed by atoms with Gasteiger partial charge in [-0.1, -0.05) is 46.3 Å². The first-order valence-corrected chi connectivity index (χ1v) is 6.25. The van der Waals surface area contributed by atoms with E-state index in [4.69, 9.17) is 4.74 Å². The van der Waals surface area contributed by atoms with Gasteiger partial charge in [-0.15, -0.1) is 0 Å². The van der Waals surface area contributed by atoms with Gasteiger partial charge in [-0.05, 0) is 12.0 Å². The molecule has 1 saturated heterocycles. The molecule has 2 rings (SSSR count). The Morgan fingerprint density at radius 3 is 2.73 bits per heavy atom. The number of halogens is 1. The van der Waals surface area contributed by atoms with Crippen molar-refractivity contribution in [2.24, 2.45) is 0 Å². The number of hydrogen-bond acceptors (Lipinski definition) is 2. The first-order valence-electron chi connectivity index (χ1n) is 5.12. The maximum atomic E-state index is 11.6. The van der Waals surface area contributed by atoms with E-state index in [2.05, 4.69) is 15.9 Å². The second-order valence-electron chi connectivity index (χ2n) is 3.74. The van der Waals surface area contributed by atoms with Crippen molar-refractivity contribution >= 4 is 21.9 Å². The van der Waals surface area contributed by atoms with Crippen LogP contribution in [-0.2, 0) is 9.53 Å². The van der Waals surface area contributed by atoms with Gasteiger partial charge in [0.05, 0.1) is 5.92 Å². The molecule has 80 valence electrons. The first kappa shape index (κ1) is 10.7. The molecule has 2 atom stereocenters. The second kappa shape index (κ2) is 4.79. The lowest BCUT2D eigenvalue weighted by molar-refractivity contribution is -0.142. The van der Waals surface area contributed by atoms with Crippen LogP contribution >= 0.6 is 15.9 Å². The molecular weight excluding hydrogens is 256 g/mol. The second-order valence-corrected chi connectivity index (χ2v) is 4.53. The first-order chi connectivity index (χ1) is 7.31. The van der Waals surface area contributed by atoms with Crippen molar-refractivity contribution in [3.63, 3.8) is 0 Å². The van der Waals surface area contributed by atoms with Crippen LogP contribution in [0, 0.1) is 0 Å². The largest absolute Gasteiger partial charge is 0.462 e. The molecule has 15 heavy (non-hydrogen) atoms. The van der Waals surface area contributed by atoms with E-state index in [0.29, 0.717) is 0 Å². The van der Waals surface area contributed by atoms with E-state index in [0.717, 1.165) is 23.7 Å². The van der Waals surface area contributed by atoms with Crippen LogP contribution in [0.5, 0.6) is 0 Å². The third-order valence-corrected chi connectivity index (χ3v) is 3.16. The van der Waals surface area contributed by atoms with Crippen LogP contribution in [0.1, 0.15) is 24.3 Å². The summed E-state index contributed by atoms with van der Waals surface area (Å²) in [5, 5.41) is 0.881. The molecule has 0 N–H and O–H groups in total. The standard InChI is InChI=1S/C12H13BrO2/c13-7-6-10-8-11(12(14)15-10)9-4-2-1-3-5-9/h1-5,10-11H,6-8H2/t10-,11?/m1/s1. The van der Waals surface area contributed by atoms with Crippen LogP contribution in [0.4, 0.5) is 0 Å². The van der Waals surface area contributed by atoms with Gasteiger partial charge in [-0.3, -0.25) is 4.79 Å². The van der Waals surface area contributed by atoms with Crippen molar-refractivity contribution in [2.45, 2.75) is 24.9 Å². The highest BCUT2D eigenvalue weighted by Crippen LogP contribution is 2.32. The Balaban J connectivity index is 2.09.